The molecule has 0 aliphatic carbocycles. The highest BCUT2D eigenvalue weighted by Gasteiger charge is 2.34. The molecule has 0 unspecified atom stereocenters. The summed E-state index contributed by atoms with van der Waals surface area (Å²) in [5.74, 6) is -0.472. The number of benzene rings is 1. The lowest BCUT2D eigenvalue weighted by molar-refractivity contribution is 0.169. The van der Waals surface area contributed by atoms with Crippen molar-refractivity contribution in [3.8, 4) is 6.07 Å². The fraction of sp³-hybridized carbons (Fsp3) is 0.529. The smallest absolute Gasteiger partial charge is 0.320 e. The van der Waals surface area contributed by atoms with Crippen LogP contribution in [0.4, 0.5) is 14.9 Å². The molecule has 6 heteroatoms. The van der Waals surface area contributed by atoms with Gasteiger partial charge < -0.3 is 14.7 Å². The van der Waals surface area contributed by atoms with Crippen molar-refractivity contribution in [1.82, 2.24) is 9.80 Å². The van der Waals surface area contributed by atoms with Gasteiger partial charge in [0.25, 0.3) is 0 Å². The second-order valence-corrected chi connectivity index (χ2v) is 6.02. The molecule has 0 atom stereocenters. The lowest BCUT2D eigenvalue weighted by Gasteiger charge is -2.37. The van der Waals surface area contributed by atoms with E-state index in [1.54, 1.807) is 12.1 Å². The fourth-order valence-electron chi connectivity index (χ4n) is 3.54. The number of rotatable bonds is 3. The Hall–Kier alpha value is -2.29. The molecule has 122 valence electrons. The van der Waals surface area contributed by atoms with Gasteiger partial charge in [0.05, 0.1) is 5.69 Å². The molecule has 1 aromatic rings. The monoisotopic (exact) mass is 316 g/mol. The number of hydrogen-bond acceptors (Lipinski definition) is 3. The van der Waals surface area contributed by atoms with E-state index in [1.165, 1.54) is 6.07 Å². The molecule has 5 nitrogen and oxygen atoms in total. The minimum Gasteiger partial charge on any atom is -0.370 e. The van der Waals surface area contributed by atoms with Gasteiger partial charge in [0.2, 0.25) is 0 Å². The summed E-state index contributed by atoms with van der Waals surface area (Å²) < 4.78 is 13.8. The molecule has 0 N–H and O–H groups in total. The highest BCUT2D eigenvalue weighted by Crippen LogP contribution is 2.28. The summed E-state index contributed by atoms with van der Waals surface area (Å²) in [6.45, 7) is 5.82. The number of likely N-dealkylation sites (N-methyl/N-ethyl adjacent to an activating group) is 1. The molecular formula is C17H21FN4O. The quantitative estimate of drug-likeness (QED) is 0.860. The first-order valence-electron chi connectivity index (χ1n) is 8.14. The molecule has 2 fully saturated rings. The number of nitriles is 1. The van der Waals surface area contributed by atoms with Gasteiger partial charge in [-0.3, -0.25) is 0 Å². The van der Waals surface area contributed by atoms with Gasteiger partial charge in [-0.25, -0.2) is 9.18 Å². The second-order valence-electron chi connectivity index (χ2n) is 6.02. The van der Waals surface area contributed by atoms with Crippen LogP contribution in [0.25, 0.3) is 0 Å². The van der Waals surface area contributed by atoms with Crippen molar-refractivity contribution in [2.45, 2.75) is 25.8 Å². The van der Waals surface area contributed by atoms with Crippen LogP contribution in [-0.2, 0) is 0 Å². The lowest BCUT2D eigenvalue weighted by atomic mass is 10.0. The number of halogens is 1. The maximum Gasteiger partial charge on any atom is 0.320 e. The van der Waals surface area contributed by atoms with Crippen molar-refractivity contribution in [2.24, 2.45) is 0 Å². The predicted molar refractivity (Wildman–Crippen MR) is 85.7 cm³/mol. The van der Waals surface area contributed by atoms with E-state index in [1.807, 2.05) is 22.8 Å². The van der Waals surface area contributed by atoms with Crippen LogP contribution in [0.3, 0.4) is 0 Å². The molecule has 0 radical (unpaired) electrons. The van der Waals surface area contributed by atoms with Crippen LogP contribution in [0.5, 0.6) is 0 Å². The number of hydrogen-bond donors (Lipinski definition) is 0. The highest BCUT2D eigenvalue weighted by molar-refractivity contribution is 5.77. The van der Waals surface area contributed by atoms with Crippen molar-refractivity contribution < 1.29 is 9.18 Å². The zero-order valence-electron chi connectivity index (χ0n) is 13.3. The van der Waals surface area contributed by atoms with Crippen LogP contribution in [-0.4, -0.2) is 54.6 Å². The summed E-state index contributed by atoms with van der Waals surface area (Å²) in [4.78, 5) is 18.2. The van der Waals surface area contributed by atoms with Crippen LogP contribution in [0, 0.1) is 17.1 Å². The van der Waals surface area contributed by atoms with E-state index in [2.05, 4.69) is 4.90 Å². The highest BCUT2D eigenvalue weighted by atomic mass is 19.1. The zero-order chi connectivity index (χ0) is 16.4. The normalized spacial score (nSPS) is 19.3. The van der Waals surface area contributed by atoms with Crippen LogP contribution >= 0.6 is 0 Å². The molecule has 2 saturated heterocycles. The van der Waals surface area contributed by atoms with Gasteiger partial charge in [0, 0.05) is 38.8 Å². The molecule has 0 spiro atoms. The number of amides is 2. The third kappa shape index (κ3) is 2.83. The molecule has 0 bridgehead atoms. The van der Waals surface area contributed by atoms with Crippen molar-refractivity contribution in [3.05, 3.63) is 29.6 Å². The van der Waals surface area contributed by atoms with Gasteiger partial charge in [-0.2, -0.15) is 5.26 Å². The van der Waals surface area contributed by atoms with E-state index < -0.39 is 5.82 Å². The van der Waals surface area contributed by atoms with Gasteiger partial charge in [-0.05, 0) is 31.9 Å². The van der Waals surface area contributed by atoms with Gasteiger partial charge in [0.15, 0.2) is 0 Å². The Labute approximate surface area is 135 Å². The second kappa shape index (κ2) is 6.45. The van der Waals surface area contributed by atoms with Crippen molar-refractivity contribution in [1.29, 1.82) is 5.26 Å². The molecule has 2 amide bonds. The lowest BCUT2D eigenvalue weighted by Crippen LogP contribution is -2.46. The SMILES string of the molecule is CCN1CCN(C2CCN(c3cccc(F)c3C#N)CC2)C1=O. The van der Waals surface area contributed by atoms with E-state index in [4.69, 9.17) is 0 Å². The molecule has 3 rings (SSSR count). The number of piperidine rings is 1. The Morgan fingerprint density at radius 1 is 1.26 bits per heavy atom. The number of urea groups is 1. The first kappa shape index (κ1) is 15.6. The van der Waals surface area contributed by atoms with Crippen LogP contribution in [0.2, 0.25) is 0 Å². The average molecular weight is 316 g/mol. The molecule has 2 aliphatic rings. The summed E-state index contributed by atoms with van der Waals surface area (Å²) in [7, 11) is 0. The van der Waals surface area contributed by atoms with Crippen molar-refractivity contribution in [2.75, 3.05) is 37.6 Å². The number of nitrogens with zero attached hydrogens (tertiary/aromatic N) is 4. The summed E-state index contributed by atoms with van der Waals surface area (Å²) in [6.07, 6.45) is 1.70. The topological polar surface area (TPSA) is 50.6 Å². The van der Waals surface area contributed by atoms with Crippen molar-refractivity contribution >= 4 is 11.7 Å². The number of anilines is 1. The maximum atomic E-state index is 13.8. The maximum absolute atomic E-state index is 13.8. The predicted octanol–water partition coefficient (Wildman–Crippen LogP) is 2.42. The standard InChI is InChI=1S/C17H21FN4O/c1-2-20-10-11-22(17(20)23)13-6-8-21(9-7-13)16-5-3-4-15(18)14(16)12-19/h3-5,13H,2,6-11H2,1H3. The van der Waals surface area contributed by atoms with Gasteiger partial charge in [-0.15, -0.1) is 0 Å². The first-order valence-corrected chi connectivity index (χ1v) is 8.14. The summed E-state index contributed by atoms with van der Waals surface area (Å²) >= 11 is 0. The molecular weight excluding hydrogens is 295 g/mol. The Morgan fingerprint density at radius 3 is 2.61 bits per heavy atom. The summed E-state index contributed by atoms with van der Waals surface area (Å²) in [5.41, 5.74) is 0.772. The van der Waals surface area contributed by atoms with Crippen LogP contribution in [0.15, 0.2) is 18.2 Å². The minimum atomic E-state index is -0.472. The molecule has 1 aromatic carbocycles. The van der Waals surface area contributed by atoms with Crippen molar-refractivity contribution in [3.63, 3.8) is 0 Å². The van der Waals surface area contributed by atoms with Gasteiger partial charge >= 0.3 is 6.03 Å². The van der Waals surface area contributed by atoms with E-state index in [-0.39, 0.29) is 17.6 Å². The number of carbonyl (C=O) groups is 1. The summed E-state index contributed by atoms with van der Waals surface area (Å²) in [6, 6.07) is 7.09. The molecule has 2 heterocycles. The number of carbonyl (C=O) groups excluding carboxylic acids is 1. The summed E-state index contributed by atoms with van der Waals surface area (Å²) in [5, 5.41) is 9.17. The zero-order valence-corrected chi connectivity index (χ0v) is 13.3. The molecule has 23 heavy (non-hydrogen) atoms. The minimum absolute atomic E-state index is 0.111. The third-order valence-electron chi connectivity index (χ3n) is 4.86. The Bertz CT molecular complexity index is 634. The average Bonchev–Trinajstić information content (AvgIpc) is 2.95. The van der Waals surface area contributed by atoms with E-state index in [0.717, 1.165) is 45.6 Å². The Kier molecular flexibility index (Phi) is 4.37. The molecule has 2 aliphatic heterocycles. The van der Waals surface area contributed by atoms with E-state index in [0.29, 0.717) is 5.69 Å². The largest absolute Gasteiger partial charge is 0.370 e. The first-order chi connectivity index (χ1) is 11.2. The van der Waals surface area contributed by atoms with Gasteiger partial charge in [-0.1, -0.05) is 6.07 Å². The Morgan fingerprint density at radius 2 is 2.00 bits per heavy atom. The fourth-order valence-corrected chi connectivity index (χ4v) is 3.54. The van der Waals surface area contributed by atoms with E-state index in [9.17, 15) is 14.4 Å². The van der Waals surface area contributed by atoms with Crippen LogP contribution < -0.4 is 4.90 Å². The van der Waals surface area contributed by atoms with Gasteiger partial charge in [0.1, 0.15) is 17.4 Å². The van der Waals surface area contributed by atoms with Crippen LogP contribution in [0.1, 0.15) is 25.3 Å². The molecule has 0 aromatic heterocycles. The third-order valence-corrected chi connectivity index (χ3v) is 4.86. The van der Waals surface area contributed by atoms with E-state index >= 15 is 0 Å². The molecule has 0 saturated carbocycles. The Balaban J connectivity index is 1.67.